The number of hydrogen-bond donors (Lipinski definition) is 0. The minimum absolute atomic E-state index is 0.00136. The quantitative estimate of drug-likeness (QED) is 0.326. The Bertz CT molecular complexity index is 1060. The number of hydrogen-bond acceptors (Lipinski definition) is 7. The number of pyridine rings is 1. The number of carbonyl (C=O) groups excluding carboxylic acids is 1. The van der Waals surface area contributed by atoms with Crippen LogP contribution in [-0.2, 0) is 6.18 Å². The molecule has 0 N–H and O–H groups in total. The molecule has 1 unspecified atom stereocenters. The molecule has 8 nitrogen and oxygen atoms in total. The number of aromatic nitrogens is 3. The standard InChI is InChI=1S/C23H27F3N6O2/c1-6-8-9-12-29-31(5)18-11-10-16(3)30-21(18)22(33)32(7-2)17(4)15-34-20-14-27-19(13-28-20)23(24,25)26/h10-14,17H,6-7,15H2,1-5H3/b29-12-. The maximum absolute atomic E-state index is 13.4. The average Bonchev–Trinajstić information content (AvgIpc) is 2.80. The predicted octanol–water partition coefficient (Wildman–Crippen LogP) is 3.96. The first-order valence-corrected chi connectivity index (χ1v) is 10.6. The van der Waals surface area contributed by atoms with Crippen molar-refractivity contribution in [1.82, 2.24) is 19.9 Å². The van der Waals surface area contributed by atoms with Gasteiger partial charge < -0.3 is 9.64 Å². The van der Waals surface area contributed by atoms with Gasteiger partial charge >= 0.3 is 6.18 Å². The fourth-order valence-electron chi connectivity index (χ4n) is 2.92. The second-order valence-electron chi connectivity index (χ2n) is 7.25. The molecule has 0 aliphatic carbocycles. The summed E-state index contributed by atoms with van der Waals surface area (Å²) in [4.78, 5) is 26.3. The lowest BCUT2D eigenvalue weighted by atomic mass is 10.2. The summed E-state index contributed by atoms with van der Waals surface area (Å²) in [7, 11) is 1.69. The van der Waals surface area contributed by atoms with Crippen LogP contribution in [0.5, 0.6) is 5.88 Å². The average molecular weight is 477 g/mol. The number of anilines is 1. The van der Waals surface area contributed by atoms with Crippen LogP contribution in [0.3, 0.4) is 0 Å². The van der Waals surface area contributed by atoms with Gasteiger partial charge in [-0.3, -0.25) is 9.80 Å². The van der Waals surface area contributed by atoms with E-state index in [1.165, 1.54) is 11.2 Å². The number of carbonyl (C=O) groups is 1. The summed E-state index contributed by atoms with van der Waals surface area (Å²) in [6, 6.07) is 3.11. The summed E-state index contributed by atoms with van der Waals surface area (Å²) in [5.41, 5.74) is 0.274. The van der Waals surface area contributed by atoms with Crippen LogP contribution in [0.1, 0.15) is 49.1 Å². The van der Waals surface area contributed by atoms with Crippen molar-refractivity contribution in [1.29, 1.82) is 0 Å². The zero-order valence-electron chi connectivity index (χ0n) is 19.7. The van der Waals surface area contributed by atoms with E-state index in [1.54, 1.807) is 37.9 Å². The lowest BCUT2D eigenvalue weighted by Crippen LogP contribution is -2.42. The van der Waals surface area contributed by atoms with E-state index in [2.05, 4.69) is 31.9 Å². The molecule has 0 aliphatic heterocycles. The monoisotopic (exact) mass is 476 g/mol. The molecular weight excluding hydrogens is 449 g/mol. The van der Waals surface area contributed by atoms with Crippen LogP contribution in [0.15, 0.2) is 29.6 Å². The summed E-state index contributed by atoms with van der Waals surface area (Å²) >= 11 is 0. The number of alkyl halides is 3. The van der Waals surface area contributed by atoms with Crippen LogP contribution < -0.4 is 9.75 Å². The van der Waals surface area contributed by atoms with Crippen LogP contribution in [0, 0.1) is 18.8 Å². The van der Waals surface area contributed by atoms with Crippen molar-refractivity contribution in [2.45, 2.75) is 46.3 Å². The van der Waals surface area contributed by atoms with Gasteiger partial charge in [-0.15, -0.1) is 0 Å². The number of ether oxygens (including phenoxy) is 1. The van der Waals surface area contributed by atoms with Gasteiger partial charge in [0, 0.05) is 25.7 Å². The van der Waals surface area contributed by atoms with Crippen LogP contribution in [-0.4, -0.2) is 58.2 Å². The topological polar surface area (TPSA) is 83.8 Å². The Kier molecular flexibility index (Phi) is 9.36. The number of likely N-dealkylation sites (N-methyl/N-ethyl adjacent to an activating group) is 1. The van der Waals surface area contributed by atoms with E-state index in [-0.39, 0.29) is 24.1 Å². The van der Waals surface area contributed by atoms with Crippen molar-refractivity contribution in [2.75, 3.05) is 25.2 Å². The zero-order valence-corrected chi connectivity index (χ0v) is 19.7. The Morgan fingerprint density at radius 1 is 1.26 bits per heavy atom. The summed E-state index contributed by atoms with van der Waals surface area (Å²) < 4.78 is 43.4. The minimum Gasteiger partial charge on any atom is -0.474 e. The van der Waals surface area contributed by atoms with Gasteiger partial charge in [0.1, 0.15) is 6.61 Å². The number of halogens is 3. The van der Waals surface area contributed by atoms with E-state index >= 15 is 0 Å². The Labute approximate surface area is 196 Å². The van der Waals surface area contributed by atoms with E-state index in [0.29, 0.717) is 30.5 Å². The van der Waals surface area contributed by atoms with Crippen molar-refractivity contribution < 1.29 is 22.7 Å². The fraction of sp³-hybridized carbons (Fsp3) is 0.435. The fourth-order valence-corrected chi connectivity index (χ4v) is 2.92. The maximum Gasteiger partial charge on any atom is 0.434 e. The summed E-state index contributed by atoms with van der Waals surface area (Å²) in [5, 5.41) is 5.76. The molecule has 1 amide bonds. The molecule has 1 atom stereocenters. The molecule has 0 spiro atoms. The third kappa shape index (κ3) is 7.16. The molecule has 2 rings (SSSR count). The van der Waals surface area contributed by atoms with Gasteiger partial charge in [0.25, 0.3) is 5.91 Å². The molecule has 0 aliphatic rings. The third-order valence-electron chi connectivity index (χ3n) is 4.66. The first kappa shape index (κ1) is 26.6. The van der Waals surface area contributed by atoms with Crippen molar-refractivity contribution >= 4 is 17.8 Å². The smallest absolute Gasteiger partial charge is 0.434 e. The number of amides is 1. The Hall–Kier alpha value is -3.68. The van der Waals surface area contributed by atoms with Gasteiger partial charge in [-0.25, -0.2) is 15.0 Å². The van der Waals surface area contributed by atoms with Gasteiger partial charge in [0.2, 0.25) is 5.88 Å². The molecule has 0 saturated heterocycles. The second kappa shape index (κ2) is 12.0. The Balaban J connectivity index is 2.17. The van der Waals surface area contributed by atoms with Crippen molar-refractivity contribution in [3.05, 3.63) is 41.6 Å². The molecule has 0 bridgehead atoms. The van der Waals surface area contributed by atoms with Crippen molar-refractivity contribution in [3.8, 4) is 17.7 Å². The largest absolute Gasteiger partial charge is 0.474 e. The number of nitrogens with zero attached hydrogens (tertiary/aromatic N) is 6. The van der Waals surface area contributed by atoms with E-state index in [0.717, 1.165) is 6.20 Å². The second-order valence-corrected chi connectivity index (χ2v) is 7.25. The third-order valence-corrected chi connectivity index (χ3v) is 4.66. The molecular formula is C23H27F3N6O2. The van der Waals surface area contributed by atoms with Crippen molar-refractivity contribution in [2.24, 2.45) is 5.10 Å². The van der Waals surface area contributed by atoms with Crippen LogP contribution in [0.25, 0.3) is 0 Å². The highest BCUT2D eigenvalue weighted by molar-refractivity contribution is 5.98. The first-order chi connectivity index (χ1) is 16.1. The summed E-state index contributed by atoms with van der Waals surface area (Å²) in [6.45, 7) is 7.64. The van der Waals surface area contributed by atoms with Gasteiger partial charge in [-0.05, 0) is 32.9 Å². The molecule has 34 heavy (non-hydrogen) atoms. The molecule has 0 radical (unpaired) electrons. The van der Waals surface area contributed by atoms with Crippen LogP contribution >= 0.6 is 0 Å². The molecule has 2 aromatic rings. The molecule has 182 valence electrons. The normalized spacial score (nSPS) is 12.1. The molecule has 11 heteroatoms. The SMILES string of the molecule is CCC#C/C=N\N(C)c1ccc(C)nc1C(=O)N(CC)C(C)COc1cnc(C(F)(F)F)cn1. The Morgan fingerprint density at radius 2 is 2.00 bits per heavy atom. The van der Waals surface area contributed by atoms with Gasteiger partial charge in [0.05, 0.1) is 30.3 Å². The molecule has 0 fully saturated rings. The van der Waals surface area contributed by atoms with Crippen LogP contribution in [0.4, 0.5) is 18.9 Å². The lowest BCUT2D eigenvalue weighted by molar-refractivity contribution is -0.141. The highest BCUT2D eigenvalue weighted by Gasteiger charge is 2.33. The maximum atomic E-state index is 13.4. The number of aryl methyl sites for hydroxylation is 1. The molecule has 2 aromatic heterocycles. The van der Waals surface area contributed by atoms with Gasteiger partial charge in [-0.1, -0.05) is 18.8 Å². The first-order valence-electron chi connectivity index (χ1n) is 10.6. The van der Waals surface area contributed by atoms with Crippen LogP contribution in [0.2, 0.25) is 0 Å². The lowest BCUT2D eigenvalue weighted by Gasteiger charge is -2.29. The van der Waals surface area contributed by atoms with E-state index < -0.39 is 17.9 Å². The highest BCUT2D eigenvalue weighted by Crippen LogP contribution is 2.27. The number of rotatable bonds is 8. The van der Waals surface area contributed by atoms with E-state index in [1.807, 2.05) is 13.8 Å². The van der Waals surface area contributed by atoms with Gasteiger partial charge in [-0.2, -0.15) is 18.3 Å². The molecule has 0 saturated carbocycles. The number of hydrazone groups is 1. The minimum atomic E-state index is -4.58. The molecule has 0 aromatic carbocycles. The van der Waals surface area contributed by atoms with Gasteiger partial charge in [0.15, 0.2) is 11.4 Å². The zero-order chi connectivity index (χ0) is 25.3. The summed E-state index contributed by atoms with van der Waals surface area (Å²) in [5.74, 6) is 5.28. The molecule has 2 heterocycles. The Morgan fingerprint density at radius 3 is 2.59 bits per heavy atom. The summed E-state index contributed by atoms with van der Waals surface area (Å²) in [6.07, 6.45) is -0.913. The predicted molar refractivity (Wildman–Crippen MR) is 123 cm³/mol. The van der Waals surface area contributed by atoms with E-state index in [9.17, 15) is 18.0 Å². The van der Waals surface area contributed by atoms with Crippen molar-refractivity contribution in [3.63, 3.8) is 0 Å². The highest BCUT2D eigenvalue weighted by atomic mass is 19.4. The van der Waals surface area contributed by atoms with E-state index in [4.69, 9.17) is 4.74 Å².